The number of carbonyl (C=O) groups excluding carboxylic acids is 1. The van der Waals surface area contributed by atoms with Gasteiger partial charge in [-0.25, -0.2) is 0 Å². The van der Waals surface area contributed by atoms with E-state index in [1.54, 1.807) is 5.57 Å². The van der Waals surface area contributed by atoms with Gasteiger partial charge < -0.3 is 13.6 Å². The highest BCUT2D eigenvalue weighted by molar-refractivity contribution is 6.99. The Labute approximate surface area is 324 Å². The minimum Gasteiger partial charge on any atom is -0.466 e. The van der Waals surface area contributed by atoms with Gasteiger partial charge in [0, 0.05) is 12.0 Å². The lowest BCUT2D eigenvalue weighted by Gasteiger charge is -2.59. The SMILES string of the molecule is CCOC(=O)C[C@@H](C)C1=C[C@@H](O[Si](CC)(CC)CC)[C@H]2[C@@H]3CC=C4C[C@@H](O[Si](c5ccccc5)(c5ccccc5)C(C)(C)C)CC[C@]4(C)[C@H]3CC[C@]12C. The van der Waals surface area contributed by atoms with Crippen molar-refractivity contribution in [2.45, 2.75) is 150 Å². The van der Waals surface area contributed by atoms with E-state index in [0.29, 0.717) is 30.8 Å². The van der Waals surface area contributed by atoms with E-state index in [-0.39, 0.29) is 40.0 Å². The van der Waals surface area contributed by atoms with Crippen molar-refractivity contribution in [2.75, 3.05) is 6.61 Å². The van der Waals surface area contributed by atoms with E-state index in [9.17, 15) is 4.79 Å². The number of ether oxygens (including phenoxy) is 1. The van der Waals surface area contributed by atoms with Crippen LogP contribution in [0.2, 0.25) is 23.2 Å². The summed E-state index contributed by atoms with van der Waals surface area (Å²) in [6.07, 6.45) is 12.8. The summed E-state index contributed by atoms with van der Waals surface area (Å²) in [6, 6.07) is 25.8. The largest absolute Gasteiger partial charge is 0.466 e. The smallest absolute Gasteiger partial charge is 0.306 e. The van der Waals surface area contributed by atoms with Gasteiger partial charge in [0.25, 0.3) is 8.32 Å². The van der Waals surface area contributed by atoms with Crippen molar-refractivity contribution in [3.05, 3.63) is 84.0 Å². The summed E-state index contributed by atoms with van der Waals surface area (Å²) < 4.78 is 20.8. The predicted octanol–water partition coefficient (Wildman–Crippen LogP) is 11.0. The Bertz CT molecular complexity index is 1580. The van der Waals surface area contributed by atoms with Crippen molar-refractivity contribution in [3.8, 4) is 0 Å². The van der Waals surface area contributed by atoms with Gasteiger partial charge in [-0.15, -0.1) is 0 Å². The van der Waals surface area contributed by atoms with Crippen LogP contribution in [0.15, 0.2) is 84.0 Å². The molecule has 0 radical (unpaired) electrons. The Kier molecular flexibility index (Phi) is 12.0. The number of esters is 1. The number of benzene rings is 2. The fourth-order valence-corrected chi connectivity index (χ4v) is 19.5. The van der Waals surface area contributed by atoms with Crippen molar-refractivity contribution in [3.63, 3.8) is 0 Å². The van der Waals surface area contributed by atoms with Crippen LogP contribution < -0.4 is 10.4 Å². The van der Waals surface area contributed by atoms with Gasteiger partial charge in [0.15, 0.2) is 8.32 Å². The third kappa shape index (κ3) is 7.17. The van der Waals surface area contributed by atoms with Crippen LogP contribution in [0.4, 0.5) is 0 Å². The van der Waals surface area contributed by atoms with Gasteiger partial charge in [-0.3, -0.25) is 4.79 Å². The first kappa shape index (κ1) is 40.4. The van der Waals surface area contributed by atoms with Gasteiger partial charge in [0.1, 0.15) is 0 Å². The summed E-state index contributed by atoms with van der Waals surface area (Å²) in [6.45, 7) is 24.0. The average molecular weight is 755 g/mol. The molecule has 2 aromatic carbocycles. The van der Waals surface area contributed by atoms with E-state index < -0.39 is 16.6 Å². The molecule has 0 bridgehead atoms. The molecule has 0 unspecified atom stereocenters. The molecule has 2 aromatic rings. The van der Waals surface area contributed by atoms with Gasteiger partial charge in [-0.05, 0) is 108 Å². The van der Waals surface area contributed by atoms with Crippen LogP contribution in [0.3, 0.4) is 0 Å². The summed E-state index contributed by atoms with van der Waals surface area (Å²) in [5.74, 6) is 1.73. The number of fused-ring (bicyclic) bond motifs is 5. The number of hydrogen-bond acceptors (Lipinski definition) is 4. The number of allylic oxidation sites excluding steroid dienone is 2. The molecule has 2 fully saturated rings. The zero-order valence-corrected chi connectivity index (χ0v) is 36.8. The summed E-state index contributed by atoms with van der Waals surface area (Å²) >= 11 is 0. The van der Waals surface area contributed by atoms with Gasteiger partial charge in [-0.2, -0.15) is 0 Å². The Morgan fingerprint density at radius 1 is 0.849 bits per heavy atom. The minimum absolute atomic E-state index is 0.0308. The molecular weight excluding hydrogens is 685 g/mol. The summed E-state index contributed by atoms with van der Waals surface area (Å²) in [5.41, 5.74) is 3.33. The van der Waals surface area contributed by atoms with Crippen LogP contribution in [0.25, 0.3) is 0 Å². The topological polar surface area (TPSA) is 44.8 Å². The maximum absolute atomic E-state index is 12.8. The molecular formula is C47H70O4Si2. The highest BCUT2D eigenvalue weighted by Crippen LogP contribution is 2.66. The molecule has 4 nitrogen and oxygen atoms in total. The van der Waals surface area contributed by atoms with Crippen LogP contribution in [0.1, 0.15) is 114 Å². The molecule has 0 aromatic heterocycles. The molecule has 290 valence electrons. The molecule has 8 atom stereocenters. The molecule has 4 aliphatic carbocycles. The Hall–Kier alpha value is -2.26. The van der Waals surface area contributed by atoms with E-state index in [2.05, 4.69) is 135 Å². The van der Waals surface area contributed by atoms with Crippen molar-refractivity contribution in [1.29, 1.82) is 0 Å². The predicted molar refractivity (Wildman–Crippen MR) is 226 cm³/mol. The molecule has 6 heteroatoms. The molecule has 53 heavy (non-hydrogen) atoms. The van der Waals surface area contributed by atoms with Crippen LogP contribution in [-0.4, -0.2) is 41.4 Å². The second-order valence-corrected chi connectivity index (χ2v) is 27.6. The third-order valence-corrected chi connectivity index (χ3v) is 24.8. The van der Waals surface area contributed by atoms with E-state index in [4.69, 9.17) is 13.6 Å². The number of rotatable bonds is 13. The van der Waals surface area contributed by atoms with E-state index in [1.165, 1.54) is 35.2 Å². The van der Waals surface area contributed by atoms with Crippen LogP contribution >= 0.6 is 0 Å². The Morgan fingerprint density at radius 3 is 1.98 bits per heavy atom. The summed E-state index contributed by atoms with van der Waals surface area (Å²) in [7, 11) is -4.52. The lowest BCUT2D eigenvalue weighted by molar-refractivity contribution is -0.144. The quantitative estimate of drug-likeness (QED) is 0.116. The van der Waals surface area contributed by atoms with Crippen molar-refractivity contribution in [1.82, 2.24) is 0 Å². The summed E-state index contributed by atoms with van der Waals surface area (Å²) in [4.78, 5) is 12.8. The first-order valence-electron chi connectivity index (χ1n) is 21.3. The molecule has 0 aliphatic heterocycles. The highest BCUT2D eigenvalue weighted by atomic mass is 28.4. The second kappa shape index (κ2) is 15.7. The van der Waals surface area contributed by atoms with E-state index >= 15 is 0 Å². The van der Waals surface area contributed by atoms with Gasteiger partial charge in [0.05, 0.1) is 19.1 Å². The minimum atomic E-state index is -2.64. The fourth-order valence-electron chi connectivity index (χ4n) is 12.0. The van der Waals surface area contributed by atoms with Crippen LogP contribution in [0.5, 0.6) is 0 Å². The maximum Gasteiger partial charge on any atom is 0.306 e. The molecule has 0 saturated heterocycles. The Morgan fingerprint density at radius 2 is 1.43 bits per heavy atom. The van der Waals surface area contributed by atoms with E-state index in [0.717, 1.165) is 37.4 Å². The van der Waals surface area contributed by atoms with Gasteiger partial charge >= 0.3 is 5.97 Å². The number of carbonyl (C=O) groups is 1. The molecule has 0 amide bonds. The molecule has 6 rings (SSSR count). The Balaban J connectivity index is 1.32. The molecule has 0 N–H and O–H groups in total. The molecule has 2 saturated carbocycles. The van der Waals surface area contributed by atoms with Gasteiger partial charge in [0.2, 0.25) is 0 Å². The van der Waals surface area contributed by atoms with Gasteiger partial charge in [-0.1, -0.05) is 146 Å². The van der Waals surface area contributed by atoms with Crippen LogP contribution in [0, 0.1) is 34.5 Å². The van der Waals surface area contributed by atoms with Crippen molar-refractivity contribution in [2.24, 2.45) is 34.5 Å². The monoisotopic (exact) mass is 754 g/mol. The van der Waals surface area contributed by atoms with Crippen molar-refractivity contribution < 1.29 is 18.4 Å². The second-order valence-electron chi connectivity index (χ2n) is 18.6. The van der Waals surface area contributed by atoms with Crippen LogP contribution in [-0.2, 0) is 18.4 Å². The normalized spacial score (nSPS) is 30.7. The zero-order valence-electron chi connectivity index (χ0n) is 34.8. The fraction of sp³-hybridized carbons (Fsp3) is 0.638. The standard InChI is InChI=1S/C47H70O4Si2/c1-11-49-43(48)31-34(5)41-33-42(51-52(12-2,13-3)14-4)44-39-26-25-35-32-36(27-29-46(35,9)40(39)28-30-47(41,44)10)50-53(45(6,7)8,37-21-17-15-18-22-37)38-23-19-16-20-24-38/h15-25,33-34,36,39-40,42,44H,11-14,26-32H2,1-10H3/t34-,36+,39-,40+,42-,44-,46+,47-/m1/s1. The molecule has 4 aliphatic rings. The highest BCUT2D eigenvalue weighted by Gasteiger charge is 2.61. The van der Waals surface area contributed by atoms with Crippen molar-refractivity contribution >= 4 is 33.0 Å². The lowest BCUT2D eigenvalue weighted by atomic mass is 9.47. The average Bonchev–Trinajstić information content (AvgIpc) is 3.45. The third-order valence-electron chi connectivity index (χ3n) is 15.1. The molecule has 0 heterocycles. The first-order chi connectivity index (χ1) is 25.2. The zero-order chi connectivity index (χ0) is 38.2. The van der Waals surface area contributed by atoms with E-state index in [1.807, 2.05) is 6.92 Å². The summed E-state index contributed by atoms with van der Waals surface area (Å²) in [5, 5.41) is 2.71. The number of hydrogen-bond donors (Lipinski definition) is 0. The maximum atomic E-state index is 12.8. The lowest BCUT2D eigenvalue weighted by Crippen LogP contribution is -2.68. The molecule has 0 spiro atoms. The first-order valence-corrected chi connectivity index (χ1v) is 25.7.